The van der Waals surface area contributed by atoms with E-state index in [9.17, 15) is 14.0 Å². The van der Waals surface area contributed by atoms with Crippen molar-refractivity contribution in [2.24, 2.45) is 0 Å². The summed E-state index contributed by atoms with van der Waals surface area (Å²) in [6.07, 6.45) is -0.906. The van der Waals surface area contributed by atoms with Gasteiger partial charge in [-0.15, -0.1) is 0 Å². The predicted molar refractivity (Wildman–Crippen MR) is 86.3 cm³/mol. The summed E-state index contributed by atoms with van der Waals surface area (Å²) < 4.78 is 24.1. The van der Waals surface area contributed by atoms with E-state index in [0.717, 1.165) is 18.4 Å². The van der Waals surface area contributed by atoms with Crippen molar-refractivity contribution in [1.29, 1.82) is 0 Å². The molecule has 1 aromatic carbocycles. The lowest BCUT2D eigenvalue weighted by molar-refractivity contribution is 0.106. The van der Waals surface area contributed by atoms with Crippen LogP contribution in [0.15, 0.2) is 30.3 Å². The van der Waals surface area contributed by atoms with Crippen molar-refractivity contribution in [2.45, 2.75) is 38.6 Å². The van der Waals surface area contributed by atoms with Crippen LogP contribution in [0.2, 0.25) is 0 Å². The van der Waals surface area contributed by atoms with Crippen LogP contribution in [0.4, 0.5) is 14.0 Å². The molecule has 0 aromatic heterocycles. The van der Waals surface area contributed by atoms with Crippen LogP contribution in [0.3, 0.4) is 0 Å². The lowest BCUT2D eigenvalue weighted by Crippen LogP contribution is -2.42. The van der Waals surface area contributed by atoms with Gasteiger partial charge >= 0.3 is 12.2 Å². The van der Waals surface area contributed by atoms with Gasteiger partial charge in [0.1, 0.15) is 12.8 Å². The number of ether oxygens (including phenoxy) is 2. The number of halogens is 1. The Hall–Kier alpha value is -2.31. The molecule has 2 unspecified atom stereocenters. The smallest absolute Gasteiger partial charge is 0.409 e. The van der Waals surface area contributed by atoms with Crippen LogP contribution >= 0.6 is 0 Å². The van der Waals surface area contributed by atoms with Crippen molar-refractivity contribution < 1.29 is 23.5 Å². The zero-order chi connectivity index (χ0) is 17.4. The fourth-order valence-corrected chi connectivity index (χ4v) is 2.36. The molecule has 1 aliphatic heterocycles. The Labute approximate surface area is 140 Å². The van der Waals surface area contributed by atoms with E-state index in [1.807, 2.05) is 37.3 Å². The molecule has 1 aliphatic rings. The third-order valence-corrected chi connectivity index (χ3v) is 3.75. The second-order valence-corrected chi connectivity index (χ2v) is 5.70. The quantitative estimate of drug-likeness (QED) is 0.810. The molecule has 1 heterocycles. The summed E-state index contributed by atoms with van der Waals surface area (Å²) in [5.74, 6) is 0. The molecule has 2 atom stereocenters. The van der Waals surface area contributed by atoms with Gasteiger partial charge in [-0.25, -0.2) is 14.0 Å². The van der Waals surface area contributed by atoms with Gasteiger partial charge in [0.05, 0.1) is 19.2 Å². The molecule has 2 amide bonds. The lowest BCUT2D eigenvalue weighted by atomic mass is 10.2. The maximum atomic E-state index is 14.0. The molecule has 7 heteroatoms. The number of benzene rings is 1. The van der Waals surface area contributed by atoms with Gasteiger partial charge in [0.2, 0.25) is 0 Å². The number of amides is 2. The highest BCUT2D eigenvalue weighted by atomic mass is 19.1. The molecular weight excluding hydrogens is 315 g/mol. The maximum absolute atomic E-state index is 14.0. The minimum atomic E-state index is -1.34. The Morgan fingerprint density at radius 1 is 1.25 bits per heavy atom. The molecule has 132 valence electrons. The van der Waals surface area contributed by atoms with Gasteiger partial charge in [0.25, 0.3) is 0 Å². The summed E-state index contributed by atoms with van der Waals surface area (Å²) in [7, 11) is 0. The minimum absolute atomic E-state index is 0.0760. The number of alkyl carbamates (subject to hydrolysis) is 1. The Morgan fingerprint density at radius 3 is 2.71 bits per heavy atom. The Balaban J connectivity index is 1.74. The molecule has 1 saturated heterocycles. The molecule has 24 heavy (non-hydrogen) atoms. The average Bonchev–Trinajstić information content (AvgIpc) is 2.95. The third-order valence-electron chi connectivity index (χ3n) is 3.75. The van der Waals surface area contributed by atoms with Crippen LogP contribution in [0.25, 0.3) is 0 Å². The summed E-state index contributed by atoms with van der Waals surface area (Å²) >= 11 is 0. The number of nitrogens with one attached hydrogen (secondary N) is 1. The topological polar surface area (TPSA) is 67.9 Å². The van der Waals surface area contributed by atoms with Crippen LogP contribution in [-0.2, 0) is 16.1 Å². The SMILES string of the molecule is CCCCOC(=O)N1CC(F)C(NC(=O)OCc2ccccc2)C1. The Morgan fingerprint density at radius 2 is 2.00 bits per heavy atom. The Kier molecular flexibility index (Phi) is 6.84. The number of rotatable bonds is 6. The van der Waals surface area contributed by atoms with E-state index in [-0.39, 0.29) is 19.7 Å². The van der Waals surface area contributed by atoms with Crippen molar-refractivity contribution in [3.8, 4) is 0 Å². The van der Waals surface area contributed by atoms with Crippen LogP contribution < -0.4 is 5.32 Å². The van der Waals surface area contributed by atoms with Gasteiger partial charge in [-0.3, -0.25) is 0 Å². The van der Waals surface area contributed by atoms with E-state index < -0.39 is 24.4 Å². The van der Waals surface area contributed by atoms with Crippen molar-refractivity contribution in [3.05, 3.63) is 35.9 Å². The van der Waals surface area contributed by atoms with Gasteiger partial charge in [0, 0.05) is 6.54 Å². The molecule has 0 spiro atoms. The first-order chi connectivity index (χ1) is 11.6. The molecule has 1 aromatic rings. The zero-order valence-corrected chi connectivity index (χ0v) is 13.7. The highest BCUT2D eigenvalue weighted by Gasteiger charge is 2.37. The monoisotopic (exact) mass is 338 g/mol. The predicted octanol–water partition coefficient (Wildman–Crippen LogP) is 2.87. The number of alkyl halides is 1. The molecule has 1 fully saturated rings. The number of unbranched alkanes of at least 4 members (excludes halogenated alkanes) is 1. The number of carbonyl (C=O) groups excluding carboxylic acids is 2. The number of likely N-dealkylation sites (tertiary alicyclic amines) is 1. The molecule has 0 radical (unpaired) electrons. The lowest BCUT2D eigenvalue weighted by Gasteiger charge is -2.16. The van der Waals surface area contributed by atoms with Crippen LogP contribution in [0, 0.1) is 0 Å². The van der Waals surface area contributed by atoms with E-state index in [1.165, 1.54) is 4.90 Å². The van der Waals surface area contributed by atoms with E-state index in [1.54, 1.807) is 0 Å². The van der Waals surface area contributed by atoms with Gasteiger partial charge in [0.15, 0.2) is 0 Å². The zero-order valence-electron chi connectivity index (χ0n) is 13.7. The highest BCUT2D eigenvalue weighted by molar-refractivity contribution is 5.70. The first kappa shape index (κ1) is 18.0. The van der Waals surface area contributed by atoms with Crippen LogP contribution in [0.5, 0.6) is 0 Å². The number of carbonyl (C=O) groups is 2. The Bertz CT molecular complexity index is 541. The molecule has 0 saturated carbocycles. The summed E-state index contributed by atoms with van der Waals surface area (Å²) in [5.41, 5.74) is 0.844. The molecule has 0 aliphatic carbocycles. The van der Waals surface area contributed by atoms with E-state index >= 15 is 0 Å². The van der Waals surface area contributed by atoms with E-state index in [2.05, 4.69) is 5.32 Å². The molecule has 0 bridgehead atoms. The fraction of sp³-hybridized carbons (Fsp3) is 0.529. The molecule has 6 nitrogen and oxygen atoms in total. The average molecular weight is 338 g/mol. The van der Waals surface area contributed by atoms with Gasteiger partial charge in [-0.2, -0.15) is 0 Å². The second kappa shape index (κ2) is 9.10. The normalized spacial score (nSPS) is 19.8. The minimum Gasteiger partial charge on any atom is -0.449 e. The molecule has 2 rings (SSSR count). The summed E-state index contributed by atoms with van der Waals surface area (Å²) in [5, 5.41) is 2.47. The first-order valence-electron chi connectivity index (χ1n) is 8.13. The van der Waals surface area contributed by atoms with Crippen molar-refractivity contribution in [1.82, 2.24) is 10.2 Å². The molecule has 1 N–H and O–H groups in total. The number of hydrogen-bond donors (Lipinski definition) is 1. The van der Waals surface area contributed by atoms with Gasteiger partial charge in [-0.1, -0.05) is 43.7 Å². The summed E-state index contributed by atoms with van der Waals surface area (Å²) in [6, 6.07) is 8.42. The number of hydrogen-bond acceptors (Lipinski definition) is 4. The fourth-order valence-electron chi connectivity index (χ4n) is 2.36. The van der Waals surface area contributed by atoms with E-state index in [0.29, 0.717) is 6.61 Å². The number of nitrogens with zero attached hydrogens (tertiary/aromatic N) is 1. The third kappa shape index (κ3) is 5.40. The second-order valence-electron chi connectivity index (χ2n) is 5.70. The largest absolute Gasteiger partial charge is 0.449 e. The van der Waals surface area contributed by atoms with Crippen LogP contribution in [-0.4, -0.2) is 49.0 Å². The van der Waals surface area contributed by atoms with Crippen molar-refractivity contribution in [2.75, 3.05) is 19.7 Å². The summed E-state index contributed by atoms with van der Waals surface area (Å²) in [6.45, 7) is 2.41. The van der Waals surface area contributed by atoms with Gasteiger partial charge in [-0.05, 0) is 12.0 Å². The highest BCUT2D eigenvalue weighted by Crippen LogP contribution is 2.15. The van der Waals surface area contributed by atoms with Crippen molar-refractivity contribution in [3.63, 3.8) is 0 Å². The maximum Gasteiger partial charge on any atom is 0.409 e. The molecular formula is C17H23FN2O4. The van der Waals surface area contributed by atoms with E-state index in [4.69, 9.17) is 9.47 Å². The van der Waals surface area contributed by atoms with Gasteiger partial charge < -0.3 is 19.7 Å². The standard InChI is InChI=1S/C17H23FN2O4/c1-2-3-9-23-17(22)20-10-14(18)15(11-20)19-16(21)24-12-13-7-5-4-6-8-13/h4-8,14-15H,2-3,9-12H2,1H3,(H,19,21). The van der Waals surface area contributed by atoms with Crippen molar-refractivity contribution >= 4 is 12.2 Å². The van der Waals surface area contributed by atoms with Crippen LogP contribution in [0.1, 0.15) is 25.3 Å². The summed E-state index contributed by atoms with van der Waals surface area (Å²) in [4.78, 5) is 24.8. The first-order valence-corrected chi connectivity index (χ1v) is 8.13.